The molecule has 0 spiro atoms. The van der Waals surface area contributed by atoms with E-state index in [0.29, 0.717) is 11.8 Å². The van der Waals surface area contributed by atoms with Gasteiger partial charge in [0.15, 0.2) is 0 Å². The summed E-state index contributed by atoms with van der Waals surface area (Å²) in [5, 5.41) is 0. The van der Waals surface area contributed by atoms with Gasteiger partial charge in [-0.05, 0) is 25.2 Å². The van der Waals surface area contributed by atoms with Crippen LogP contribution >= 0.6 is 0 Å². The molecule has 0 atom stereocenters. The molecule has 3 heteroatoms. The fourth-order valence-corrected chi connectivity index (χ4v) is 3.19. The molecule has 3 nitrogen and oxygen atoms in total. The Kier molecular flexibility index (Phi) is 4.89. The van der Waals surface area contributed by atoms with E-state index in [1.165, 1.54) is 43.6 Å². The highest BCUT2D eigenvalue weighted by Gasteiger charge is 2.23. The molecule has 19 heavy (non-hydrogen) atoms. The van der Waals surface area contributed by atoms with Gasteiger partial charge in [0.1, 0.15) is 11.6 Å². The number of anilines is 1. The van der Waals surface area contributed by atoms with Crippen LogP contribution in [-0.4, -0.2) is 9.55 Å². The fourth-order valence-electron chi connectivity index (χ4n) is 3.19. The largest absolute Gasteiger partial charge is 0.384 e. The van der Waals surface area contributed by atoms with Gasteiger partial charge in [0.05, 0.1) is 5.69 Å². The van der Waals surface area contributed by atoms with Gasteiger partial charge in [-0.1, -0.05) is 40.0 Å². The van der Waals surface area contributed by atoms with Crippen molar-refractivity contribution in [2.24, 2.45) is 5.92 Å². The van der Waals surface area contributed by atoms with E-state index in [1.807, 2.05) is 0 Å². The Labute approximate surface area is 117 Å². The minimum Gasteiger partial charge on any atom is -0.384 e. The van der Waals surface area contributed by atoms with E-state index in [9.17, 15) is 0 Å². The maximum Gasteiger partial charge on any atom is 0.127 e. The van der Waals surface area contributed by atoms with E-state index in [2.05, 4.69) is 25.3 Å². The first-order valence-electron chi connectivity index (χ1n) is 7.98. The smallest absolute Gasteiger partial charge is 0.127 e. The highest BCUT2D eigenvalue weighted by molar-refractivity contribution is 5.41. The van der Waals surface area contributed by atoms with Crippen molar-refractivity contribution in [2.45, 2.75) is 78.2 Å². The molecule has 0 amide bonds. The summed E-state index contributed by atoms with van der Waals surface area (Å²) in [6.07, 6.45) is 8.78. The number of aromatic nitrogens is 2. The predicted octanol–water partition coefficient (Wildman–Crippen LogP) is 4.12. The van der Waals surface area contributed by atoms with Gasteiger partial charge in [-0.3, -0.25) is 0 Å². The van der Waals surface area contributed by atoms with Crippen molar-refractivity contribution in [3.05, 3.63) is 11.5 Å². The van der Waals surface area contributed by atoms with Crippen molar-refractivity contribution in [1.82, 2.24) is 9.55 Å². The average Bonchev–Trinajstić information content (AvgIpc) is 2.69. The second kappa shape index (κ2) is 6.44. The molecule has 1 saturated carbocycles. The Morgan fingerprint density at radius 3 is 2.53 bits per heavy atom. The van der Waals surface area contributed by atoms with Crippen molar-refractivity contribution in [1.29, 1.82) is 0 Å². The number of nitrogens with zero attached hydrogens (tertiary/aromatic N) is 2. The predicted molar refractivity (Wildman–Crippen MR) is 81.3 cm³/mol. The quantitative estimate of drug-likeness (QED) is 0.868. The van der Waals surface area contributed by atoms with E-state index in [-0.39, 0.29) is 0 Å². The molecular weight excluding hydrogens is 234 g/mol. The van der Waals surface area contributed by atoms with Crippen LogP contribution in [-0.2, 0) is 13.0 Å². The van der Waals surface area contributed by atoms with Crippen LogP contribution in [0.5, 0.6) is 0 Å². The molecule has 0 aliphatic heterocycles. The molecule has 0 saturated heterocycles. The Hall–Kier alpha value is -0.990. The zero-order valence-corrected chi connectivity index (χ0v) is 12.8. The topological polar surface area (TPSA) is 43.8 Å². The Bertz CT molecular complexity index is 400. The number of hydrogen-bond acceptors (Lipinski definition) is 2. The summed E-state index contributed by atoms with van der Waals surface area (Å²) in [5.74, 6) is 3.38. The van der Waals surface area contributed by atoms with Gasteiger partial charge in [-0.2, -0.15) is 0 Å². The maximum absolute atomic E-state index is 6.41. The monoisotopic (exact) mass is 263 g/mol. The van der Waals surface area contributed by atoms with Crippen molar-refractivity contribution < 1.29 is 0 Å². The summed E-state index contributed by atoms with van der Waals surface area (Å²) < 4.78 is 2.28. The molecular formula is C16H29N3. The van der Waals surface area contributed by atoms with Crippen LogP contribution in [0.4, 0.5) is 5.82 Å². The summed E-state index contributed by atoms with van der Waals surface area (Å²) in [4.78, 5) is 4.91. The van der Waals surface area contributed by atoms with Gasteiger partial charge in [0.25, 0.3) is 0 Å². The van der Waals surface area contributed by atoms with Crippen LogP contribution in [0.1, 0.15) is 76.7 Å². The number of hydrogen-bond donors (Lipinski definition) is 1. The Morgan fingerprint density at radius 2 is 1.95 bits per heavy atom. The summed E-state index contributed by atoms with van der Waals surface area (Å²) >= 11 is 0. The van der Waals surface area contributed by atoms with E-state index in [1.54, 1.807) is 0 Å². The SMILES string of the molecule is CCCc1nc(C2CCCCC2)c(N)n1CC(C)C. The lowest BCUT2D eigenvalue weighted by atomic mass is 9.87. The molecule has 0 aromatic carbocycles. The zero-order valence-electron chi connectivity index (χ0n) is 12.8. The van der Waals surface area contributed by atoms with Gasteiger partial charge < -0.3 is 10.3 Å². The van der Waals surface area contributed by atoms with Gasteiger partial charge in [-0.15, -0.1) is 0 Å². The maximum atomic E-state index is 6.41. The first-order chi connectivity index (χ1) is 9.13. The lowest BCUT2D eigenvalue weighted by Gasteiger charge is -2.20. The van der Waals surface area contributed by atoms with Crippen molar-refractivity contribution in [3.63, 3.8) is 0 Å². The van der Waals surface area contributed by atoms with Crippen LogP contribution in [0.25, 0.3) is 0 Å². The second-order valence-corrected chi connectivity index (χ2v) is 6.39. The minimum atomic E-state index is 0.609. The molecule has 1 aliphatic carbocycles. The molecule has 1 aromatic rings. The third-order valence-corrected chi connectivity index (χ3v) is 4.13. The third kappa shape index (κ3) is 3.31. The molecule has 2 N–H and O–H groups in total. The van der Waals surface area contributed by atoms with Crippen LogP contribution < -0.4 is 5.73 Å². The third-order valence-electron chi connectivity index (χ3n) is 4.13. The highest BCUT2D eigenvalue weighted by Crippen LogP contribution is 2.35. The summed E-state index contributed by atoms with van der Waals surface area (Å²) in [6, 6.07) is 0. The van der Waals surface area contributed by atoms with Crippen LogP contribution in [0.3, 0.4) is 0 Å². The number of nitrogen functional groups attached to an aromatic ring is 1. The zero-order chi connectivity index (χ0) is 13.8. The molecule has 1 aromatic heterocycles. The summed E-state index contributed by atoms with van der Waals surface area (Å²) in [5.41, 5.74) is 7.61. The fraction of sp³-hybridized carbons (Fsp3) is 0.812. The molecule has 1 aliphatic rings. The average molecular weight is 263 g/mol. The van der Waals surface area contributed by atoms with Crippen LogP contribution in [0.2, 0.25) is 0 Å². The first kappa shape index (κ1) is 14.4. The molecule has 1 fully saturated rings. The van der Waals surface area contributed by atoms with Gasteiger partial charge in [0.2, 0.25) is 0 Å². The number of aryl methyl sites for hydroxylation is 1. The minimum absolute atomic E-state index is 0.609. The molecule has 1 heterocycles. The molecule has 2 rings (SSSR count). The second-order valence-electron chi connectivity index (χ2n) is 6.39. The number of rotatable bonds is 5. The van der Waals surface area contributed by atoms with E-state index in [4.69, 9.17) is 10.7 Å². The highest BCUT2D eigenvalue weighted by atomic mass is 15.1. The summed E-state index contributed by atoms with van der Waals surface area (Å²) in [7, 11) is 0. The molecule has 0 bridgehead atoms. The molecule has 0 unspecified atom stereocenters. The standard InChI is InChI=1S/C16H29N3/c1-4-8-14-18-15(13-9-6-5-7-10-13)16(17)19(14)11-12(2)3/h12-13H,4-11,17H2,1-3H3. The van der Waals surface area contributed by atoms with E-state index in [0.717, 1.165) is 25.2 Å². The van der Waals surface area contributed by atoms with Crippen LogP contribution in [0, 0.1) is 5.92 Å². The lowest BCUT2D eigenvalue weighted by molar-refractivity contribution is 0.438. The van der Waals surface area contributed by atoms with Crippen molar-refractivity contribution in [2.75, 3.05) is 5.73 Å². The number of nitrogens with two attached hydrogens (primary N) is 1. The normalized spacial score (nSPS) is 17.3. The van der Waals surface area contributed by atoms with E-state index >= 15 is 0 Å². The Balaban J connectivity index is 2.27. The Morgan fingerprint density at radius 1 is 1.26 bits per heavy atom. The van der Waals surface area contributed by atoms with Crippen LogP contribution in [0.15, 0.2) is 0 Å². The molecule has 0 radical (unpaired) electrons. The number of imidazole rings is 1. The van der Waals surface area contributed by atoms with Crippen molar-refractivity contribution >= 4 is 5.82 Å². The molecule has 108 valence electrons. The van der Waals surface area contributed by atoms with Gasteiger partial charge >= 0.3 is 0 Å². The first-order valence-corrected chi connectivity index (χ1v) is 7.98. The van der Waals surface area contributed by atoms with Gasteiger partial charge in [-0.25, -0.2) is 4.98 Å². The van der Waals surface area contributed by atoms with Gasteiger partial charge in [0, 0.05) is 18.9 Å². The lowest BCUT2D eigenvalue weighted by Crippen LogP contribution is -2.12. The summed E-state index contributed by atoms with van der Waals surface area (Å²) in [6.45, 7) is 7.71. The van der Waals surface area contributed by atoms with E-state index < -0.39 is 0 Å². The van der Waals surface area contributed by atoms with Crippen molar-refractivity contribution in [3.8, 4) is 0 Å².